The van der Waals surface area contributed by atoms with Gasteiger partial charge in [0.1, 0.15) is 0 Å². The van der Waals surface area contributed by atoms with Crippen LogP contribution in [-0.2, 0) is 16.1 Å². The summed E-state index contributed by atoms with van der Waals surface area (Å²) in [4.78, 5) is 27.2. The summed E-state index contributed by atoms with van der Waals surface area (Å²) in [7, 11) is 0. The van der Waals surface area contributed by atoms with E-state index in [1.165, 1.54) is 28.7 Å². The highest BCUT2D eigenvalue weighted by Gasteiger charge is 2.12. The van der Waals surface area contributed by atoms with Crippen molar-refractivity contribution in [2.75, 3.05) is 0 Å². The molecule has 7 heteroatoms. The standard InChI is InChI=1S/C11H12N2O4S/c1-6-5-18-11-12-8(3-9(14)13(6)11)4-17-7(2)10(15)16/h3,5,7H,4H2,1-2H3,(H,15,16)/t7-/m1/s1. The first-order chi connectivity index (χ1) is 8.49. The van der Waals surface area contributed by atoms with E-state index in [0.717, 1.165) is 5.69 Å². The molecular formula is C11H12N2O4S. The Morgan fingerprint density at radius 1 is 1.67 bits per heavy atom. The number of nitrogens with zero attached hydrogens (tertiary/aromatic N) is 2. The maximum atomic E-state index is 11.8. The zero-order chi connectivity index (χ0) is 13.3. The van der Waals surface area contributed by atoms with Crippen LogP contribution >= 0.6 is 11.3 Å². The van der Waals surface area contributed by atoms with Crippen LogP contribution in [0.15, 0.2) is 16.2 Å². The van der Waals surface area contributed by atoms with Gasteiger partial charge >= 0.3 is 5.97 Å². The number of carboxylic acid groups (broad SMARTS) is 1. The van der Waals surface area contributed by atoms with Crippen molar-refractivity contribution in [3.63, 3.8) is 0 Å². The van der Waals surface area contributed by atoms with Gasteiger partial charge in [-0.05, 0) is 13.8 Å². The van der Waals surface area contributed by atoms with Crippen molar-refractivity contribution in [1.29, 1.82) is 0 Å². The molecule has 0 aliphatic rings. The Labute approximate surface area is 106 Å². The van der Waals surface area contributed by atoms with Gasteiger partial charge in [-0.15, -0.1) is 11.3 Å². The number of aryl methyl sites for hydroxylation is 1. The molecule has 0 aliphatic carbocycles. The number of ether oxygens (including phenoxy) is 1. The molecule has 2 aromatic rings. The van der Waals surface area contributed by atoms with E-state index in [4.69, 9.17) is 9.84 Å². The SMILES string of the molecule is Cc1csc2nc(CO[C@H](C)C(=O)O)cc(=O)n12. The van der Waals surface area contributed by atoms with Crippen LogP contribution in [-0.4, -0.2) is 26.6 Å². The number of hydrogen-bond donors (Lipinski definition) is 1. The molecule has 0 radical (unpaired) electrons. The number of fused-ring (bicyclic) bond motifs is 1. The fourth-order valence-corrected chi connectivity index (χ4v) is 2.35. The maximum absolute atomic E-state index is 11.8. The number of aliphatic carboxylic acids is 1. The summed E-state index contributed by atoms with van der Waals surface area (Å²) >= 11 is 1.36. The first-order valence-electron chi connectivity index (χ1n) is 5.30. The second kappa shape index (κ2) is 4.87. The van der Waals surface area contributed by atoms with Crippen molar-refractivity contribution in [1.82, 2.24) is 9.38 Å². The van der Waals surface area contributed by atoms with Gasteiger partial charge in [-0.2, -0.15) is 0 Å². The third-order valence-electron chi connectivity index (χ3n) is 2.46. The Bertz CT molecular complexity index is 646. The summed E-state index contributed by atoms with van der Waals surface area (Å²) in [5.74, 6) is -1.04. The minimum absolute atomic E-state index is 0.0101. The van der Waals surface area contributed by atoms with Crippen molar-refractivity contribution in [2.24, 2.45) is 0 Å². The van der Waals surface area contributed by atoms with Crippen LogP contribution in [0.1, 0.15) is 18.3 Å². The maximum Gasteiger partial charge on any atom is 0.332 e. The highest BCUT2D eigenvalue weighted by Crippen LogP contribution is 2.12. The lowest BCUT2D eigenvalue weighted by Crippen LogP contribution is -2.21. The molecule has 0 unspecified atom stereocenters. The Balaban J connectivity index is 2.25. The van der Waals surface area contributed by atoms with Crippen LogP contribution in [0.25, 0.3) is 4.96 Å². The fourth-order valence-electron chi connectivity index (χ4n) is 1.46. The first kappa shape index (κ1) is 12.7. The molecule has 6 nitrogen and oxygen atoms in total. The Morgan fingerprint density at radius 3 is 3.06 bits per heavy atom. The average Bonchev–Trinajstić information content (AvgIpc) is 2.68. The van der Waals surface area contributed by atoms with Gasteiger partial charge in [-0.25, -0.2) is 9.78 Å². The topological polar surface area (TPSA) is 80.9 Å². The molecule has 0 amide bonds. The molecule has 0 saturated heterocycles. The Morgan fingerprint density at radius 2 is 2.39 bits per heavy atom. The predicted octanol–water partition coefficient (Wildman–Crippen LogP) is 1.05. The molecule has 0 fully saturated rings. The third-order valence-corrected chi connectivity index (χ3v) is 3.40. The molecule has 2 aromatic heterocycles. The zero-order valence-electron chi connectivity index (χ0n) is 9.91. The molecular weight excluding hydrogens is 256 g/mol. The van der Waals surface area contributed by atoms with E-state index in [0.29, 0.717) is 10.7 Å². The van der Waals surface area contributed by atoms with Crippen LogP contribution < -0.4 is 5.56 Å². The number of carbonyl (C=O) groups is 1. The molecule has 18 heavy (non-hydrogen) atoms. The van der Waals surface area contributed by atoms with Crippen molar-refractivity contribution < 1.29 is 14.6 Å². The molecule has 0 saturated carbocycles. The monoisotopic (exact) mass is 268 g/mol. The largest absolute Gasteiger partial charge is 0.479 e. The summed E-state index contributed by atoms with van der Waals surface area (Å²) < 4.78 is 6.60. The number of rotatable bonds is 4. The molecule has 2 rings (SSSR count). The lowest BCUT2D eigenvalue weighted by Gasteiger charge is -2.07. The van der Waals surface area contributed by atoms with Gasteiger partial charge in [0.05, 0.1) is 12.3 Å². The van der Waals surface area contributed by atoms with Crippen molar-refractivity contribution in [3.05, 3.63) is 33.2 Å². The van der Waals surface area contributed by atoms with E-state index in [1.807, 2.05) is 12.3 Å². The van der Waals surface area contributed by atoms with Gasteiger partial charge in [-0.3, -0.25) is 9.20 Å². The van der Waals surface area contributed by atoms with Crippen LogP contribution in [0.4, 0.5) is 0 Å². The lowest BCUT2D eigenvalue weighted by molar-refractivity contribution is -0.149. The minimum atomic E-state index is -1.04. The van der Waals surface area contributed by atoms with Crippen molar-refractivity contribution in [2.45, 2.75) is 26.6 Å². The van der Waals surface area contributed by atoms with Gasteiger partial charge in [-0.1, -0.05) is 0 Å². The normalized spacial score (nSPS) is 12.8. The van der Waals surface area contributed by atoms with Crippen LogP contribution in [0, 0.1) is 6.92 Å². The first-order valence-corrected chi connectivity index (χ1v) is 6.18. The second-order valence-electron chi connectivity index (χ2n) is 3.87. The molecule has 0 bridgehead atoms. The summed E-state index contributed by atoms with van der Waals surface area (Å²) in [5.41, 5.74) is 1.09. The Hall–Kier alpha value is -1.73. The summed E-state index contributed by atoms with van der Waals surface area (Å²) in [6.07, 6.45) is -0.921. The number of hydrogen-bond acceptors (Lipinski definition) is 5. The second-order valence-corrected chi connectivity index (χ2v) is 4.71. The smallest absolute Gasteiger partial charge is 0.332 e. The van der Waals surface area contributed by atoms with E-state index in [-0.39, 0.29) is 12.2 Å². The summed E-state index contributed by atoms with van der Waals surface area (Å²) in [6, 6.07) is 1.36. The molecule has 0 aromatic carbocycles. The fraction of sp³-hybridized carbons (Fsp3) is 0.364. The average molecular weight is 268 g/mol. The van der Waals surface area contributed by atoms with Crippen LogP contribution in [0.2, 0.25) is 0 Å². The van der Waals surface area contributed by atoms with Gasteiger partial charge in [0.25, 0.3) is 5.56 Å². The highest BCUT2D eigenvalue weighted by atomic mass is 32.1. The molecule has 0 spiro atoms. The minimum Gasteiger partial charge on any atom is -0.479 e. The number of aromatic nitrogens is 2. The summed E-state index contributed by atoms with van der Waals surface area (Å²) in [5, 5.41) is 10.5. The van der Waals surface area contributed by atoms with E-state index in [2.05, 4.69) is 4.98 Å². The lowest BCUT2D eigenvalue weighted by atomic mass is 10.4. The van der Waals surface area contributed by atoms with Crippen LogP contribution in [0.5, 0.6) is 0 Å². The molecule has 96 valence electrons. The highest BCUT2D eigenvalue weighted by molar-refractivity contribution is 7.15. The molecule has 1 atom stereocenters. The molecule has 1 N–H and O–H groups in total. The van der Waals surface area contributed by atoms with Crippen molar-refractivity contribution >= 4 is 22.3 Å². The molecule has 2 heterocycles. The van der Waals surface area contributed by atoms with E-state index in [1.54, 1.807) is 0 Å². The molecule has 0 aliphatic heterocycles. The van der Waals surface area contributed by atoms with Crippen molar-refractivity contribution in [3.8, 4) is 0 Å². The van der Waals surface area contributed by atoms with Crippen LogP contribution in [0.3, 0.4) is 0 Å². The van der Waals surface area contributed by atoms with E-state index < -0.39 is 12.1 Å². The van der Waals surface area contributed by atoms with Gasteiger partial charge in [0, 0.05) is 17.1 Å². The zero-order valence-corrected chi connectivity index (χ0v) is 10.7. The number of thiazole rings is 1. The quantitative estimate of drug-likeness (QED) is 0.896. The van der Waals surface area contributed by atoms with E-state index >= 15 is 0 Å². The predicted molar refractivity (Wildman–Crippen MR) is 66.0 cm³/mol. The van der Waals surface area contributed by atoms with Gasteiger partial charge < -0.3 is 9.84 Å². The van der Waals surface area contributed by atoms with E-state index in [9.17, 15) is 9.59 Å². The van der Waals surface area contributed by atoms with Gasteiger partial charge in [0.15, 0.2) is 11.1 Å². The third kappa shape index (κ3) is 2.41. The Kier molecular flexibility index (Phi) is 3.44. The number of carboxylic acids is 1. The summed E-state index contributed by atoms with van der Waals surface area (Å²) in [6.45, 7) is 3.27. The van der Waals surface area contributed by atoms with Gasteiger partial charge in [0.2, 0.25) is 0 Å².